The van der Waals surface area contributed by atoms with Crippen LogP contribution in [0.3, 0.4) is 0 Å². The molecule has 8 nitrogen and oxygen atoms in total. The van der Waals surface area contributed by atoms with Crippen LogP contribution >= 0.6 is 24.0 Å². The van der Waals surface area contributed by atoms with Crippen LogP contribution in [0.5, 0.6) is 0 Å². The summed E-state index contributed by atoms with van der Waals surface area (Å²) in [5.74, 6) is 0.735. The highest BCUT2D eigenvalue weighted by atomic mass is 127. The number of ether oxygens (including phenoxy) is 2. The van der Waals surface area contributed by atoms with E-state index in [0.29, 0.717) is 25.8 Å². The molecule has 1 aromatic carbocycles. The molecule has 0 atom stereocenters. The number of nitrogens with one attached hydrogen (secondary N) is 2. The molecule has 1 amide bonds. The third-order valence-electron chi connectivity index (χ3n) is 4.66. The molecule has 1 fully saturated rings. The van der Waals surface area contributed by atoms with Gasteiger partial charge >= 0.3 is 0 Å². The summed E-state index contributed by atoms with van der Waals surface area (Å²) in [6.07, 6.45) is 0.865. The number of amides is 1. The number of methoxy groups -OCH3 is 1. The second-order valence-corrected chi connectivity index (χ2v) is 6.78. The Balaban J connectivity index is 0.00000450. The second-order valence-electron chi connectivity index (χ2n) is 6.78. The molecule has 2 N–H and O–H groups in total. The maximum absolute atomic E-state index is 12.5. The number of hydrogen-bond donors (Lipinski definition) is 2. The average molecular weight is 533 g/mol. The largest absolute Gasteiger partial charge is 0.382 e. The number of para-hydroxylation sites is 1. The molecule has 1 aliphatic rings. The summed E-state index contributed by atoms with van der Waals surface area (Å²) < 4.78 is 10.4. The zero-order valence-corrected chi connectivity index (χ0v) is 20.5. The van der Waals surface area contributed by atoms with Crippen LogP contribution in [0.4, 0.5) is 5.69 Å². The number of anilines is 1. The molecule has 1 saturated heterocycles. The van der Waals surface area contributed by atoms with E-state index in [-0.39, 0.29) is 36.4 Å². The van der Waals surface area contributed by atoms with Crippen molar-refractivity contribution >= 4 is 41.5 Å². The van der Waals surface area contributed by atoms with Gasteiger partial charge in [0.1, 0.15) is 6.54 Å². The number of carbonyl (C=O) groups excluding carboxylic acids is 1. The zero-order valence-electron chi connectivity index (χ0n) is 18.1. The first-order valence-corrected chi connectivity index (χ1v) is 10.4. The minimum Gasteiger partial charge on any atom is -0.382 e. The summed E-state index contributed by atoms with van der Waals surface area (Å²) in [5.41, 5.74) is 1.21. The molecule has 0 aromatic heterocycles. The van der Waals surface area contributed by atoms with Gasteiger partial charge in [-0.05, 0) is 25.5 Å². The SMILES string of the molecule is CCNC(=NCC(=O)N1CCN(c2ccccc2)CC1)NCCCOCCOC.I. The number of nitrogens with zero attached hydrogens (tertiary/aromatic N) is 3. The minimum absolute atomic E-state index is 0. The maximum atomic E-state index is 12.5. The van der Waals surface area contributed by atoms with Gasteiger partial charge in [0.05, 0.1) is 13.2 Å². The first-order chi connectivity index (χ1) is 14.2. The summed E-state index contributed by atoms with van der Waals surface area (Å²) in [4.78, 5) is 21.2. The molecule has 0 radical (unpaired) electrons. The van der Waals surface area contributed by atoms with Gasteiger partial charge in [0.2, 0.25) is 5.91 Å². The van der Waals surface area contributed by atoms with Gasteiger partial charge in [0, 0.05) is 58.7 Å². The number of carbonyl (C=O) groups is 1. The molecular formula is C21H36IN5O3. The van der Waals surface area contributed by atoms with Crippen LogP contribution in [-0.2, 0) is 14.3 Å². The summed E-state index contributed by atoms with van der Waals surface area (Å²) in [6, 6.07) is 10.3. The van der Waals surface area contributed by atoms with E-state index in [4.69, 9.17) is 9.47 Å². The summed E-state index contributed by atoms with van der Waals surface area (Å²) in [5, 5.41) is 6.43. The molecular weight excluding hydrogens is 497 g/mol. The van der Waals surface area contributed by atoms with E-state index in [2.05, 4.69) is 32.7 Å². The lowest BCUT2D eigenvalue weighted by Gasteiger charge is -2.36. The molecule has 0 unspecified atom stereocenters. The Kier molecular flexibility index (Phi) is 14.2. The third kappa shape index (κ3) is 9.94. The molecule has 9 heteroatoms. The van der Waals surface area contributed by atoms with E-state index >= 15 is 0 Å². The molecule has 1 aromatic rings. The van der Waals surface area contributed by atoms with Crippen LogP contribution < -0.4 is 15.5 Å². The fraction of sp³-hybridized carbons (Fsp3) is 0.619. The topological polar surface area (TPSA) is 78.4 Å². The van der Waals surface area contributed by atoms with E-state index in [9.17, 15) is 4.79 Å². The summed E-state index contributed by atoms with van der Waals surface area (Å²) in [6.45, 7) is 8.69. The number of aliphatic imine (C=N–C) groups is 1. The van der Waals surface area contributed by atoms with Crippen LogP contribution in [0.1, 0.15) is 13.3 Å². The molecule has 1 aliphatic heterocycles. The van der Waals surface area contributed by atoms with Crippen molar-refractivity contribution in [1.82, 2.24) is 15.5 Å². The van der Waals surface area contributed by atoms with Crippen LogP contribution in [0.25, 0.3) is 0 Å². The number of piperazine rings is 1. The lowest BCUT2D eigenvalue weighted by atomic mass is 10.2. The van der Waals surface area contributed by atoms with Gasteiger partial charge in [0.25, 0.3) is 0 Å². The molecule has 2 rings (SSSR count). The van der Waals surface area contributed by atoms with E-state index in [0.717, 1.165) is 45.7 Å². The Morgan fingerprint density at radius 1 is 1.07 bits per heavy atom. The van der Waals surface area contributed by atoms with Crippen molar-refractivity contribution in [3.8, 4) is 0 Å². The van der Waals surface area contributed by atoms with Crippen LogP contribution in [0.2, 0.25) is 0 Å². The van der Waals surface area contributed by atoms with Crippen molar-refractivity contribution in [3.63, 3.8) is 0 Å². The van der Waals surface area contributed by atoms with Crippen molar-refractivity contribution in [2.24, 2.45) is 4.99 Å². The Morgan fingerprint density at radius 2 is 1.80 bits per heavy atom. The Labute approximate surface area is 197 Å². The fourth-order valence-electron chi connectivity index (χ4n) is 3.07. The van der Waals surface area contributed by atoms with Crippen LogP contribution in [0, 0.1) is 0 Å². The number of halogens is 1. The Bertz CT molecular complexity index is 610. The van der Waals surface area contributed by atoms with Gasteiger partial charge in [0.15, 0.2) is 5.96 Å². The molecule has 0 aliphatic carbocycles. The second kappa shape index (κ2) is 16.1. The maximum Gasteiger partial charge on any atom is 0.244 e. The number of guanidine groups is 1. The number of benzene rings is 1. The third-order valence-corrected chi connectivity index (χ3v) is 4.66. The molecule has 170 valence electrons. The van der Waals surface area contributed by atoms with Gasteiger partial charge in [-0.3, -0.25) is 4.79 Å². The fourth-order valence-corrected chi connectivity index (χ4v) is 3.07. The van der Waals surface area contributed by atoms with Crippen molar-refractivity contribution in [2.75, 3.05) is 77.6 Å². The quantitative estimate of drug-likeness (QED) is 0.195. The van der Waals surface area contributed by atoms with Crippen LogP contribution in [-0.4, -0.2) is 89.5 Å². The smallest absolute Gasteiger partial charge is 0.244 e. The minimum atomic E-state index is 0. The van der Waals surface area contributed by atoms with Crippen molar-refractivity contribution < 1.29 is 14.3 Å². The molecule has 0 spiro atoms. The molecule has 0 saturated carbocycles. The Morgan fingerprint density at radius 3 is 2.47 bits per heavy atom. The molecule has 1 heterocycles. The lowest BCUT2D eigenvalue weighted by molar-refractivity contribution is -0.129. The normalized spacial score (nSPS) is 14.3. The zero-order chi connectivity index (χ0) is 20.7. The summed E-state index contributed by atoms with van der Waals surface area (Å²) in [7, 11) is 1.66. The van der Waals surface area contributed by atoms with E-state index in [1.165, 1.54) is 5.69 Å². The molecule has 0 bridgehead atoms. The Hall–Kier alpha value is -1.59. The van der Waals surface area contributed by atoms with E-state index in [1.807, 2.05) is 30.0 Å². The lowest BCUT2D eigenvalue weighted by Crippen LogP contribution is -2.49. The van der Waals surface area contributed by atoms with Gasteiger partial charge in [-0.1, -0.05) is 18.2 Å². The van der Waals surface area contributed by atoms with Gasteiger partial charge in [-0.15, -0.1) is 24.0 Å². The van der Waals surface area contributed by atoms with Crippen molar-refractivity contribution in [1.29, 1.82) is 0 Å². The van der Waals surface area contributed by atoms with E-state index < -0.39 is 0 Å². The first kappa shape index (κ1) is 26.4. The average Bonchev–Trinajstić information content (AvgIpc) is 2.77. The summed E-state index contributed by atoms with van der Waals surface area (Å²) >= 11 is 0. The van der Waals surface area contributed by atoms with Crippen molar-refractivity contribution in [2.45, 2.75) is 13.3 Å². The highest BCUT2D eigenvalue weighted by molar-refractivity contribution is 14.0. The van der Waals surface area contributed by atoms with E-state index in [1.54, 1.807) is 7.11 Å². The predicted molar refractivity (Wildman–Crippen MR) is 132 cm³/mol. The standard InChI is InChI=1S/C21H35N5O3.HI/c1-3-22-21(23-10-7-15-29-17-16-28-2)24-18-20(27)26-13-11-25(12-14-26)19-8-5-4-6-9-19;/h4-6,8-9H,3,7,10-18H2,1-2H3,(H2,22,23,24);1H. The number of rotatable bonds is 11. The predicted octanol–water partition coefficient (Wildman–Crippen LogP) is 1.56. The monoisotopic (exact) mass is 533 g/mol. The van der Waals surface area contributed by atoms with Crippen molar-refractivity contribution in [3.05, 3.63) is 30.3 Å². The van der Waals surface area contributed by atoms with Crippen LogP contribution in [0.15, 0.2) is 35.3 Å². The highest BCUT2D eigenvalue weighted by Crippen LogP contribution is 2.15. The van der Waals surface area contributed by atoms with Gasteiger partial charge < -0.3 is 29.9 Å². The number of hydrogen-bond acceptors (Lipinski definition) is 5. The first-order valence-electron chi connectivity index (χ1n) is 10.4. The van der Waals surface area contributed by atoms with Gasteiger partial charge in [-0.25, -0.2) is 4.99 Å². The highest BCUT2D eigenvalue weighted by Gasteiger charge is 2.20. The molecule has 30 heavy (non-hydrogen) atoms. The van der Waals surface area contributed by atoms with Gasteiger partial charge in [-0.2, -0.15) is 0 Å².